The summed E-state index contributed by atoms with van der Waals surface area (Å²) >= 11 is 0. The van der Waals surface area contributed by atoms with Gasteiger partial charge in [-0.25, -0.2) is 0 Å². The van der Waals surface area contributed by atoms with Gasteiger partial charge in [0, 0.05) is 12.6 Å². The summed E-state index contributed by atoms with van der Waals surface area (Å²) in [7, 11) is 0. The van der Waals surface area contributed by atoms with E-state index in [9.17, 15) is 4.79 Å². The van der Waals surface area contributed by atoms with Gasteiger partial charge in [-0.3, -0.25) is 4.79 Å². The van der Waals surface area contributed by atoms with Crippen molar-refractivity contribution in [2.45, 2.75) is 52.1 Å². The summed E-state index contributed by atoms with van der Waals surface area (Å²) in [6.45, 7) is 7.28. The monoisotopic (exact) mass is 228 g/mol. The Bertz CT molecular complexity index is 230. The minimum Gasteiger partial charge on any atom is -0.396 e. The average Bonchev–Trinajstić information content (AvgIpc) is 2.68. The van der Waals surface area contributed by atoms with E-state index in [2.05, 4.69) is 31.4 Å². The Balaban J connectivity index is 2.50. The highest BCUT2D eigenvalue weighted by molar-refractivity contribution is 5.82. The number of carbonyl (C=O) groups is 1. The second kappa shape index (κ2) is 5.64. The number of carbonyl (C=O) groups excluding carboxylic acids is 1. The maximum atomic E-state index is 11.9. The Morgan fingerprint density at radius 3 is 2.69 bits per heavy atom. The normalized spacial score (nSPS) is 23.1. The minimum atomic E-state index is -0.0384. The Morgan fingerprint density at radius 1 is 1.56 bits per heavy atom. The smallest absolute Gasteiger partial charge is 0.237 e. The van der Waals surface area contributed by atoms with Crippen LogP contribution in [0.15, 0.2) is 0 Å². The van der Waals surface area contributed by atoms with E-state index >= 15 is 0 Å². The van der Waals surface area contributed by atoms with Crippen molar-refractivity contribution in [3.63, 3.8) is 0 Å². The number of hydrogen-bond acceptors (Lipinski definition) is 3. The van der Waals surface area contributed by atoms with Crippen LogP contribution < -0.4 is 10.6 Å². The SMILES string of the molecule is CC(C)(C)C(CCO)NC(=O)[C@@H]1CCCN1. The average molecular weight is 228 g/mol. The molecule has 4 heteroatoms. The predicted molar refractivity (Wildman–Crippen MR) is 64.1 cm³/mol. The minimum absolute atomic E-state index is 0.0169. The van der Waals surface area contributed by atoms with Crippen molar-refractivity contribution in [3.05, 3.63) is 0 Å². The molecule has 1 aliphatic heterocycles. The molecule has 0 spiro atoms. The molecule has 1 saturated heterocycles. The molecule has 0 aromatic carbocycles. The molecule has 0 aromatic heterocycles. The molecule has 1 heterocycles. The molecule has 1 fully saturated rings. The van der Waals surface area contributed by atoms with Crippen LogP contribution in [0.25, 0.3) is 0 Å². The van der Waals surface area contributed by atoms with Gasteiger partial charge in [-0.05, 0) is 31.2 Å². The molecule has 0 radical (unpaired) electrons. The van der Waals surface area contributed by atoms with Crippen LogP contribution in [0.1, 0.15) is 40.0 Å². The summed E-state index contributed by atoms with van der Waals surface area (Å²) in [6, 6.07) is -0.00376. The second-order valence-electron chi connectivity index (χ2n) is 5.59. The van der Waals surface area contributed by atoms with Gasteiger partial charge >= 0.3 is 0 Å². The Kier molecular flexibility index (Phi) is 4.74. The van der Waals surface area contributed by atoms with Gasteiger partial charge in [-0.2, -0.15) is 0 Å². The maximum Gasteiger partial charge on any atom is 0.237 e. The molecule has 0 bridgehead atoms. The van der Waals surface area contributed by atoms with E-state index in [1.807, 2.05) is 0 Å². The largest absolute Gasteiger partial charge is 0.396 e. The lowest BCUT2D eigenvalue weighted by molar-refractivity contribution is -0.124. The standard InChI is InChI=1S/C12H24N2O2/c1-12(2,3)10(6-8-15)14-11(16)9-5-4-7-13-9/h9-10,13,15H,4-8H2,1-3H3,(H,14,16)/t9-,10?/m0/s1. The summed E-state index contributed by atoms with van der Waals surface area (Å²) < 4.78 is 0. The van der Waals surface area contributed by atoms with E-state index in [1.54, 1.807) is 0 Å². The third-order valence-corrected chi connectivity index (χ3v) is 3.16. The van der Waals surface area contributed by atoms with Gasteiger partial charge in [0.05, 0.1) is 6.04 Å². The first kappa shape index (κ1) is 13.5. The molecule has 0 aromatic rings. The van der Waals surface area contributed by atoms with Gasteiger partial charge in [0.25, 0.3) is 0 Å². The number of aliphatic hydroxyl groups excluding tert-OH is 1. The summed E-state index contributed by atoms with van der Waals surface area (Å²) in [5.74, 6) is 0.0749. The second-order valence-corrected chi connectivity index (χ2v) is 5.59. The third-order valence-electron chi connectivity index (χ3n) is 3.16. The highest BCUT2D eigenvalue weighted by atomic mass is 16.3. The van der Waals surface area contributed by atoms with Gasteiger partial charge in [0.15, 0.2) is 0 Å². The molecule has 1 aliphatic rings. The van der Waals surface area contributed by atoms with E-state index in [-0.39, 0.29) is 30.0 Å². The first-order chi connectivity index (χ1) is 7.45. The fraction of sp³-hybridized carbons (Fsp3) is 0.917. The quantitative estimate of drug-likeness (QED) is 0.662. The molecule has 0 saturated carbocycles. The van der Waals surface area contributed by atoms with Gasteiger partial charge in [-0.15, -0.1) is 0 Å². The molecule has 1 amide bonds. The van der Waals surface area contributed by atoms with Crippen molar-refractivity contribution in [2.24, 2.45) is 5.41 Å². The molecule has 0 aliphatic carbocycles. The number of nitrogens with one attached hydrogen (secondary N) is 2. The van der Waals surface area contributed by atoms with Gasteiger partial charge in [0.2, 0.25) is 5.91 Å². The first-order valence-corrected chi connectivity index (χ1v) is 6.10. The van der Waals surface area contributed by atoms with E-state index in [4.69, 9.17) is 5.11 Å². The Morgan fingerprint density at radius 2 is 2.25 bits per heavy atom. The molecular weight excluding hydrogens is 204 g/mol. The van der Waals surface area contributed by atoms with Crippen LogP contribution >= 0.6 is 0 Å². The van der Waals surface area contributed by atoms with Crippen LogP contribution in [0.4, 0.5) is 0 Å². The lowest BCUT2D eigenvalue weighted by atomic mass is 9.84. The van der Waals surface area contributed by atoms with E-state index in [0.29, 0.717) is 6.42 Å². The van der Waals surface area contributed by atoms with E-state index in [0.717, 1.165) is 19.4 Å². The van der Waals surface area contributed by atoms with Gasteiger partial charge in [0.1, 0.15) is 0 Å². The van der Waals surface area contributed by atoms with Crippen LogP contribution in [0.5, 0.6) is 0 Å². The highest BCUT2D eigenvalue weighted by Crippen LogP contribution is 2.22. The summed E-state index contributed by atoms with van der Waals surface area (Å²) in [5.41, 5.74) is -0.0169. The summed E-state index contributed by atoms with van der Waals surface area (Å²) in [4.78, 5) is 11.9. The Labute approximate surface area is 97.8 Å². The molecule has 3 N–H and O–H groups in total. The van der Waals surface area contributed by atoms with E-state index in [1.165, 1.54) is 0 Å². The molecule has 4 nitrogen and oxygen atoms in total. The van der Waals surface area contributed by atoms with Crippen molar-refractivity contribution in [1.82, 2.24) is 10.6 Å². The number of rotatable bonds is 4. The van der Waals surface area contributed by atoms with Gasteiger partial charge in [-0.1, -0.05) is 20.8 Å². The number of aliphatic hydroxyl groups is 1. The third kappa shape index (κ3) is 3.76. The number of hydrogen-bond donors (Lipinski definition) is 3. The Hall–Kier alpha value is -0.610. The van der Waals surface area contributed by atoms with E-state index < -0.39 is 0 Å². The predicted octanol–water partition coefficient (Wildman–Crippen LogP) is 0.652. The summed E-state index contributed by atoms with van der Waals surface area (Å²) in [5, 5.41) is 15.2. The van der Waals surface area contributed by atoms with Crippen LogP contribution in [-0.2, 0) is 4.79 Å². The zero-order valence-corrected chi connectivity index (χ0v) is 10.5. The van der Waals surface area contributed by atoms with Crippen LogP contribution in [0.3, 0.4) is 0 Å². The van der Waals surface area contributed by atoms with Crippen LogP contribution in [0, 0.1) is 5.41 Å². The number of amides is 1. The molecule has 2 atom stereocenters. The van der Waals surface area contributed by atoms with Crippen molar-refractivity contribution in [1.29, 1.82) is 0 Å². The topological polar surface area (TPSA) is 61.4 Å². The highest BCUT2D eigenvalue weighted by Gasteiger charge is 2.29. The van der Waals surface area contributed by atoms with Crippen LogP contribution in [0.2, 0.25) is 0 Å². The van der Waals surface area contributed by atoms with Crippen molar-refractivity contribution < 1.29 is 9.90 Å². The van der Waals surface area contributed by atoms with Crippen molar-refractivity contribution >= 4 is 5.91 Å². The zero-order chi connectivity index (χ0) is 12.2. The fourth-order valence-electron chi connectivity index (χ4n) is 2.03. The fourth-order valence-corrected chi connectivity index (χ4v) is 2.03. The zero-order valence-electron chi connectivity index (χ0n) is 10.5. The van der Waals surface area contributed by atoms with Crippen molar-refractivity contribution in [2.75, 3.05) is 13.2 Å². The maximum absolute atomic E-state index is 11.9. The molecular formula is C12H24N2O2. The molecule has 1 rings (SSSR count). The van der Waals surface area contributed by atoms with Crippen molar-refractivity contribution in [3.8, 4) is 0 Å². The lowest BCUT2D eigenvalue weighted by Gasteiger charge is -2.32. The van der Waals surface area contributed by atoms with Gasteiger partial charge < -0.3 is 15.7 Å². The molecule has 1 unspecified atom stereocenters. The van der Waals surface area contributed by atoms with Crippen LogP contribution in [-0.4, -0.2) is 36.2 Å². The molecule has 16 heavy (non-hydrogen) atoms. The summed E-state index contributed by atoms with van der Waals surface area (Å²) in [6.07, 6.45) is 2.60. The molecule has 94 valence electrons. The first-order valence-electron chi connectivity index (χ1n) is 6.10. The lowest BCUT2D eigenvalue weighted by Crippen LogP contribution is -2.50.